The second kappa shape index (κ2) is 6.40. The van der Waals surface area contributed by atoms with E-state index in [2.05, 4.69) is 11.0 Å². The Bertz CT molecular complexity index is 461. The largest absolute Gasteiger partial charge is 0.481 e. The van der Waals surface area contributed by atoms with Gasteiger partial charge in [0.25, 0.3) is 0 Å². The topological polar surface area (TPSA) is 40.5 Å². The molecule has 1 N–H and O–H groups in total. The van der Waals surface area contributed by atoms with Crippen LogP contribution >= 0.6 is 11.6 Å². The molecule has 3 nitrogen and oxygen atoms in total. The molecular weight excluding hydrogens is 262 g/mol. The third-order valence-corrected chi connectivity index (χ3v) is 4.12. The van der Waals surface area contributed by atoms with Gasteiger partial charge in [0.15, 0.2) is 0 Å². The molecule has 0 bridgehead atoms. The van der Waals surface area contributed by atoms with Crippen molar-refractivity contribution in [1.29, 1.82) is 0 Å². The minimum atomic E-state index is -0.690. The molecule has 0 radical (unpaired) electrons. The van der Waals surface area contributed by atoms with Gasteiger partial charge in [-0.15, -0.1) is 0 Å². The Hall–Kier alpha value is -1.06. The van der Waals surface area contributed by atoms with Crippen molar-refractivity contribution in [3.63, 3.8) is 0 Å². The van der Waals surface area contributed by atoms with Crippen molar-refractivity contribution in [3.8, 4) is 0 Å². The molecule has 0 aromatic heterocycles. The van der Waals surface area contributed by atoms with E-state index in [0.717, 1.165) is 43.1 Å². The summed E-state index contributed by atoms with van der Waals surface area (Å²) in [4.78, 5) is 13.1. The fourth-order valence-electron chi connectivity index (χ4n) is 2.70. The van der Waals surface area contributed by atoms with Crippen LogP contribution in [0.4, 0.5) is 0 Å². The zero-order valence-electron chi connectivity index (χ0n) is 11.2. The first-order valence-electron chi connectivity index (χ1n) is 6.74. The maximum atomic E-state index is 10.8. The molecule has 0 saturated carbocycles. The van der Waals surface area contributed by atoms with Gasteiger partial charge >= 0.3 is 5.97 Å². The van der Waals surface area contributed by atoms with Crippen molar-refractivity contribution < 1.29 is 9.90 Å². The zero-order valence-corrected chi connectivity index (χ0v) is 12.0. The summed E-state index contributed by atoms with van der Waals surface area (Å²) < 4.78 is 0. The number of rotatable bonds is 4. The number of likely N-dealkylation sites (tertiary alicyclic amines) is 1. The molecule has 0 amide bonds. The molecule has 19 heavy (non-hydrogen) atoms. The summed E-state index contributed by atoms with van der Waals surface area (Å²) in [5.74, 6) is -0.405. The fraction of sp³-hybridized carbons (Fsp3) is 0.533. The van der Waals surface area contributed by atoms with E-state index in [1.807, 2.05) is 19.1 Å². The van der Waals surface area contributed by atoms with Gasteiger partial charge in [0.2, 0.25) is 0 Å². The Morgan fingerprint density at radius 3 is 3.00 bits per heavy atom. The summed E-state index contributed by atoms with van der Waals surface area (Å²) in [5.41, 5.74) is 2.29. The lowest BCUT2D eigenvalue weighted by Gasteiger charge is -2.32. The van der Waals surface area contributed by atoms with Crippen LogP contribution in [0.5, 0.6) is 0 Å². The van der Waals surface area contributed by atoms with Gasteiger partial charge in [-0.25, -0.2) is 0 Å². The molecule has 1 unspecified atom stereocenters. The molecule has 1 heterocycles. The van der Waals surface area contributed by atoms with Crippen LogP contribution < -0.4 is 0 Å². The highest BCUT2D eigenvalue weighted by atomic mass is 35.5. The number of carboxylic acid groups (broad SMARTS) is 1. The molecule has 0 spiro atoms. The predicted molar refractivity (Wildman–Crippen MR) is 76.4 cm³/mol. The van der Waals surface area contributed by atoms with Gasteiger partial charge in [-0.05, 0) is 49.4 Å². The zero-order chi connectivity index (χ0) is 13.8. The molecule has 4 heteroatoms. The van der Waals surface area contributed by atoms with Crippen molar-refractivity contribution in [2.45, 2.75) is 32.7 Å². The molecule has 1 saturated heterocycles. The van der Waals surface area contributed by atoms with Crippen LogP contribution in [0.3, 0.4) is 0 Å². The van der Waals surface area contributed by atoms with E-state index in [9.17, 15) is 4.79 Å². The van der Waals surface area contributed by atoms with Crippen molar-refractivity contribution in [2.24, 2.45) is 5.92 Å². The molecule has 1 atom stereocenters. The first-order valence-corrected chi connectivity index (χ1v) is 7.11. The average molecular weight is 282 g/mol. The lowest BCUT2D eigenvalue weighted by Crippen LogP contribution is -2.35. The number of hydrogen-bond acceptors (Lipinski definition) is 2. The second-order valence-electron chi connectivity index (χ2n) is 5.42. The summed E-state index contributed by atoms with van der Waals surface area (Å²) in [6.07, 6.45) is 2.39. The summed E-state index contributed by atoms with van der Waals surface area (Å²) >= 11 is 6.13. The SMILES string of the molecule is Cc1ccc(CN2CCCC(CC(=O)O)C2)cc1Cl. The Morgan fingerprint density at radius 2 is 2.32 bits per heavy atom. The van der Waals surface area contributed by atoms with E-state index >= 15 is 0 Å². The maximum Gasteiger partial charge on any atom is 0.303 e. The third-order valence-electron chi connectivity index (χ3n) is 3.71. The number of hydrogen-bond donors (Lipinski definition) is 1. The van der Waals surface area contributed by atoms with E-state index in [0.29, 0.717) is 0 Å². The molecule has 2 rings (SSSR count). The van der Waals surface area contributed by atoms with Crippen LogP contribution in [-0.2, 0) is 11.3 Å². The van der Waals surface area contributed by atoms with Gasteiger partial charge in [0.05, 0.1) is 0 Å². The first-order chi connectivity index (χ1) is 9.04. The van der Waals surface area contributed by atoms with Gasteiger partial charge < -0.3 is 5.11 Å². The van der Waals surface area contributed by atoms with Crippen molar-refractivity contribution in [1.82, 2.24) is 4.90 Å². The Labute approximate surface area is 119 Å². The summed E-state index contributed by atoms with van der Waals surface area (Å²) in [6.45, 7) is 4.77. The fourth-order valence-corrected chi connectivity index (χ4v) is 2.90. The minimum absolute atomic E-state index is 0.283. The van der Waals surface area contributed by atoms with E-state index in [4.69, 9.17) is 16.7 Å². The summed E-state index contributed by atoms with van der Waals surface area (Å²) in [5, 5.41) is 9.68. The minimum Gasteiger partial charge on any atom is -0.481 e. The maximum absolute atomic E-state index is 10.8. The van der Waals surface area contributed by atoms with Gasteiger partial charge in [0, 0.05) is 24.5 Å². The second-order valence-corrected chi connectivity index (χ2v) is 5.83. The van der Waals surface area contributed by atoms with E-state index in [-0.39, 0.29) is 12.3 Å². The molecule has 0 aliphatic carbocycles. The van der Waals surface area contributed by atoms with Crippen molar-refractivity contribution >= 4 is 17.6 Å². The van der Waals surface area contributed by atoms with Crippen LogP contribution in [0.25, 0.3) is 0 Å². The number of nitrogens with zero attached hydrogens (tertiary/aromatic N) is 1. The van der Waals surface area contributed by atoms with E-state index in [1.54, 1.807) is 0 Å². The summed E-state index contributed by atoms with van der Waals surface area (Å²) in [7, 11) is 0. The highest BCUT2D eigenvalue weighted by Crippen LogP contribution is 2.23. The molecule has 1 aromatic carbocycles. The number of piperidine rings is 1. The smallest absolute Gasteiger partial charge is 0.303 e. The predicted octanol–water partition coefficient (Wildman–Crippen LogP) is 3.34. The van der Waals surface area contributed by atoms with Gasteiger partial charge in [-0.1, -0.05) is 23.7 Å². The van der Waals surface area contributed by atoms with Gasteiger partial charge in [-0.3, -0.25) is 9.69 Å². The number of carbonyl (C=O) groups is 1. The number of halogens is 1. The number of aryl methyl sites for hydroxylation is 1. The number of aliphatic carboxylic acids is 1. The van der Waals surface area contributed by atoms with Crippen LogP contribution in [0, 0.1) is 12.8 Å². The van der Waals surface area contributed by atoms with Crippen molar-refractivity contribution in [3.05, 3.63) is 34.3 Å². The van der Waals surface area contributed by atoms with Crippen LogP contribution in [0.2, 0.25) is 5.02 Å². The van der Waals surface area contributed by atoms with E-state index < -0.39 is 5.97 Å². The lowest BCUT2D eigenvalue weighted by molar-refractivity contribution is -0.138. The molecule has 1 fully saturated rings. The monoisotopic (exact) mass is 281 g/mol. The standard InChI is InChI=1S/C15H20ClNO2/c1-11-4-5-13(7-14(11)16)10-17-6-2-3-12(9-17)8-15(18)19/h4-5,7,12H,2-3,6,8-10H2,1H3,(H,18,19). The van der Waals surface area contributed by atoms with Crippen LogP contribution in [0.1, 0.15) is 30.4 Å². The van der Waals surface area contributed by atoms with Gasteiger partial charge in [0.1, 0.15) is 0 Å². The van der Waals surface area contributed by atoms with E-state index in [1.165, 1.54) is 5.56 Å². The molecule has 1 aliphatic heterocycles. The third kappa shape index (κ3) is 4.22. The normalized spacial score (nSPS) is 20.4. The Kier molecular flexibility index (Phi) is 4.83. The highest BCUT2D eigenvalue weighted by Gasteiger charge is 2.22. The average Bonchev–Trinajstić information content (AvgIpc) is 2.33. The quantitative estimate of drug-likeness (QED) is 0.920. The molecule has 104 valence electrons. The summed E-state index contributed by atoms with van der Waals surface area (Å²) in [6, 6.07) is 6.15. The molecule has 1 aromatic rings. The molecular formula is C15H20ClNO2. The highest BCUT2D eigenvalue weighted by molar-refractivity contribution is 6.31. The van der Waals surface area contributed by atoms with Crippen LogP contribution in [-0.4, -0.2) is 29.1 Å². The van der Waals surface area contributed by atoms with Gasteiger partial charge in [-0.2, -0.15) is 0 Å². The molecule has 1 aliphatic rings. The van der Waals surface area contributed by atoms with Crippen LogP contribution in [0.15, 0.2) is 18.2 Å². The Morgan fingerprint density at radius 1 is 1.53 bits per heavy atom. The lowest BCUT2D eigenvalue weighted by atomic mass is 9.94. The first kappa shape index (κ1) is 14.4. The van der Waals surface area contributed by atoms with Crippen molar-refractivity contribution in [2.75, 3.05) is 13.1 Å². The number of benzene rings is 1. The Balaban J connectivity index is 1.94. The number of carboxylic acids is 1.